The second-order valence-electron chi connectivity index (χ2n) is 6.06. The zero-order valence-corrected chi connectivity index (χ0v) is 15.2. The van der Waals surface area contributed by atoms with Crippen molar-refractivity contribution >= 4 is 29.3 Å². The molecular weight excluding hydrogens is 362 g/mol. The van der Waals surface area contributed by atoms with Crippen molar-refractivity contribution in [2.75, 3.05) is 10.7 Å². The quantitative estimate of drug-likeness (QED) is 0.737. The molecule has 136 valence electrons. The molecule has 1 aromatic carbocycles. The van der Waals surface area contributed by atoms with Crippen molar-refractivity contribution < 1.29 is 14.0 Å². The first-order chi connectivity index (χ1) is 13.2. The fourth-order valence-corrected chi connectivity index (χ4v) is 3.72. The van der Waals surface area contributed by atoms with Gasteiger partial charge in [0, 0.05) is 11.8 Å². The monoisotopic (exact) mass is 379 g/mol. The molecule has 0 spiro atoms. The minimum absolute atomic E-state index is 0.0563. The third-order valence-electron chi connectivity index (χ3n) is 4.24. The molecule has 0 fully saturated rings. The third kappa shape index (κ3) is 3.88. The Hall–Kier alpha value is -3.06. The number of benzene rings is 1. The maximum Gasteiger partial charge on any atom is 0.251 e. The Kier molecular flexibility index (Phi) is 4.93. The van der Waals surface area contributed by atoms with Gasteiger partial charge in [0.15, 0.2) is 0 Å². The fourth-order valence-electron chi connectivity index (χ4n) is 2.84. The highest BCUT2D eigenvalue weighted by molar-refractivity contribution is 8.00. The number of furan rings is 1. The van der Waals surface area contributed by atoms with Gasteiger partial charge in [0.1, 0.15) is 10.8 Å². The van der Waals surface area contributed by atoms with Gasteiger partial charge in [-0.1, -0.05) is 23.9 Å². The van der Waals surface area contributed by atoms with Crippen LogP contribution in [0.2, 0.25) is 0 Å². The van der Waals surface area contributed by atoms with E-state index in [2.05, 4.69) is 10.3 Å². The molecule has 0 saturated heterocycles. The maximum atomic E-state index is 12.3. The number of thioether (sulfide) groups is 1. The van der Waals surface area contributed by atoms with Gasteiger partial charge in [-0.15, -0.1) is 0 Å². The van der Waals surface area contributed by atoms with Gasteiger partial charge in [-0.05, 0) is 42.0 Å². The van der Waals surface area contributed by atoms with Gasteiger partial charge in [-0.2, -0.15) is 0 Å². The number of nitrogens with one attached hydrogen (secondary N) is 1. The molecule has 7 heteroatoms. The summed E-state index contributed by atoms with van der Waals surface area (Å²) in [5.74, 6) is 0.976. The Morgan fingerprint density at radius 2 is 2.04 bits per heavy atom. The molecule has 0 radical (unpaired) electrons. The number of hydrogen-bond acceptors (Lipinski definition) is 5. The fraction of sp³-hybridized carbons (Fsp3) is 0.150. The molecule has 1 N–H and O–H groups in total. The number of anilines is 1. The van der Waals surface area contributed by atoms with E-state index in [1.54, 1.807) is 35.6 Å². The molecule has 1 aliphatic rings. The van der Waals surface area contributed by atoms with E-state index in [1.807, 2.05) is 30.3 Å². The zero-order chi connectivity index (χ0) is 18.6. The smallest absolute Gasteiger partial charge is 0.251 e. The van der Waals surface area contributed by atoms with Gasteiger partial charge in [0.25, 0.3) is 5.91 Å². The van der Waals surface area contributed by atoms with Crippen molar-refractivity contribution in [1.29, 1.82) is 0 Å². The molecule has 0 bridgehead atoms. The number of hydrogen-bond donors (Lipinski definition) is 1. The first-order valence-electron chi connectivity index (χ1n) is 8.48. The highest BCUT2D eigenvalue weighted by Gasteiger charge is 2.25. The Labute approximate surface area is 160 Å². The van der Waals surface area contributed by atoms with Gasteiger partial charge in [0.2, 0.25) is 5.91 Å². The summed E-state index contributed by atoms with van der Waals surface area (Å²) in [7, 11) is 0. The number of carbonyl (C=O) groups excluding carboxylic acids is 2. The Morgan fingerprint density at radius 1 is 1.19 bits per heavy atom. The van der Waals surface area contributed by atoms with Crippen molar-refractivity contribution in [3.63, 3.8) is 0 Å². The first-order valence-corrected chi connectivity index (χ1v) is 9.47. The van der Waals surface area contributed by atoms with E-state index >= 15 is 0 Å². The van der Waals surface area contributed by atoms with Crippen LogP contribution in [0, 0.1) is 0 Å². The summed E-state index contributed by atoms with van der Waals surface area (Å²) in [4.78, 5) is 30.6. The van der Waals surface area contributed by atoms with Crippen LogP contribution < -0.4 is 10.2 Å². The summed E-state index contributed by atoms with van der Waals surface area (Å²) in [5.41, 5.74) is 2.35. The summed E-state index contributed by atoms with van der Waals surface area (Å²) in [6, 6.07) is 14.6. The molecule has 1 aliphatic heterocycles. The van der Waals surface area contributed by atoms with Gasteiger partial charge >= 0.3 is 0 Å². The van der Waals surface area contributed by atoms with E-state index < -0.39 is 0 Å². The number of rotatable bonds is 5. The van der Waals surface area contributed by atoms with Crippen LogP contribution in [0.4, 0.5) is 5.69 Å². The molecule has 0 unspecified atom stereocenters. The van der Waals surface area contributed by atoms with Crippen molar-refractivity contribution in [2.45, 2.75) is 18.1 Å². The minimum Gasteiger partial charge on any atom is -0.467 e. The van der Waals surface area contributed by atoms with E-state index in [-0.39, 0.29) is 11.8 Å². The normalized spacial score (nSPS) is 13.3. The van der Waals surface area contributed by atoms with Crippen molar-refractivity contribution in [1.82, 2.24) is 10.3 Å². The van der Waals surface area contributed by atoms with Crippen molar-refractivity contribution in [3.05, 3.63) is 77.9 Å². The zero-order valence-electron chi connectivity index (χ0n) is 14.4. The predicted molar refractivity (Wildman–Crippen MR) is 102 cm³/mol. The molecule has 3 heterocycles. The topological polar surface area (TPSA) is 75.4 Å². The number of amides is 2. The average molecular weight is 379 g/mol. The van der Waals surface area contributed by atoms with Crippen LogP contribution in [0.25, 0.3) is 0 Å². The van der Waals surface area contributed by atoms with E-state index in [0.29, 0.717) is 30.2 Å². The summed E-state index contributed by atoms with van der Waals surface area (Å²) < 4.78 is 5.20. The van der Waals surface area contributed by atoms with Crippen LogP contribution in [0.1, 0.15) is 21.7 Å². The molecule has 4 rings (SSSR count). The lowest BCUT2D eigenvalue weighted by molar-refractivity contribution is -0.116. The largest absolute Gasteiger partial charge is 0.467 e. The molecule has 2 amide bonds. The molecule has 2 aromatic heterocycles. The maximum absolute atomic E-state index is 12.3. The van der Waals surface area contributed by atoms with Crippen molar-refractivity contribution in [3.8, 4) is 0 Å². The second-order valence-corrected chi connectivity index (χ2v) is 7.02. The van der Waals surface area contributed by atoms with E-state index in [0.717, 1.165) is 16.3 Å². The van der Waals surface area contributed by atoms with Gasteiger partial charge in [-0.25, -0.2) is 4.98 Å². The van der Waals surface area contributed by atoms with Crippen LogP contribution >= 0.6 is 11.8 Å². The Bertz CT molecular complexity index is 955. The van der Waals surface area contributed by atoms with E-state index in [4.69, 9.17) is 4.42 Å². The molecular formula is C20H17N3O3S. The van der Waals surface area contributed by atoms with Crippen LogP contribution in [0.3, 0.4) is 0 Å². The molecule has 3 aromatic rings. The van der Waals surface area contributed by atoms with Gasteiger partial charge < -0.3 is 14.6 Å². The molecule has 6 nitrogen and oxygen atoms in total. The number of nitrogens with zero attached hydrogens (tertiary/aromatic N) is 2. The van der Waals surface area contributed by atoms with Gasteiger partial charge in [-0.3, -0.25) is 9.59 Å². The van der Waals surface area contributed by atoms with Crippen LogP contribution in [-0.4, -0.2) is 22.6 Å². The number of pyridine rings is 1. The number of aromatic nitrogens is 1. The molecule has 27 heavy (non-hydrogen) atoms. The molecule has 0 saturated carbocycles. The lowest BCUT2D eigenvalue weighted by Gasteiger charge is -2.28. The average Bonchev–Trinajstić information content (AvgIpc) is 3.22. The minimum atomic E-state index is -0.169. The van der Waals surface area contributed by atoms with Crippen LogP contribution in [0.5, 0.6) is 0 Å². The lowest BCUT2D eigenvalue weighted by Crippen LogP contribution is -2.35. The summed E-state index contributed by atoms with van der Waals surface area (Å²) in [5, 5.41) is 3.68. The Morgan fingerprint density at radius 3 is 2.81 bits per heavy atom. The third-order valence-corrected chi connectivity index (χ3v) is 5.21. The Balaban J connectivity index is 1.43. The summed E-state index contributed by atoms with van der Waals surface area (Å²) in [6.07, 6.45) is 3.31. The van der Waals surface area contributed by atoms with Gasteiger partial charge in [0.05, 0.1) is 30.8 Å². The second kappa shape index (κ2) is 7.67. The summed E-state index contributed by atoms with van der Waals surface area (Å²) >= 11 is 1.46. The molecule has 0 aliphatic carbocycles. The predicted octanol–water partition coefficient (Wildman–Crippen LogP) is 3.24. The highest BCUT2D eigenvalue weighted by Crippen LogP contribution is 2.33. The highest BCUT2D eigenvalue weighted by atomic mass is 32.2. The van der Waals surface area contributed by atoms with E-state index in [9.17, 15) is 9.59 Å². The lowest BCUT2D eigenvalue weighted by atomic mass is 10.1. The van der Waals surface area contributed by atoms with E-state index in [1.165, 1.54) is 11.8 Å². The van der Waals surface area contributed by atoms with Crippen molar-refractivity contribution in [2.24, 2.45) is 0 Å². The molecule has 0 atom stereocenters. The van der Waals surface area contributed by atoms with Crippen LogP contribution in [0.15, 0.2) is 70.4 Å². The van der Waals surface area contributed by atoms with Crippen LogP contribution in [-0.2, 0) is 17.9 Å². The number of carbonyl (C=O) groups is 2. The summed E-state index contributed by atoms with van der Waals surface area (Å²) in [6.45, 7) is 0.795. The number of fused-ring (bicyclic) bond motifs is 1. The first kappa shape index (κ1) is 17.4. The SMILES string of the molecule is O=C(NCc1ccco1)c1ccc(CN2C(=O)CSc3ncccc32)cc1. The standard InChI is InChI=1S/C20H17N3O3S/c24-18-13-27-20-17(4-1-9-21-20)23(18)12-14-5-7-15(8-6-14)19(25)22-11-16-3-2-10-26-16/h1-10H,11-13H2,(H,22,25).